The molecule has 2 aromatic carbocycles. The molecule has 1 heterocycles. The number of carboxylic acid groups (broad SMARTS) is 1. The van der Waals surface area contributed by atoms with E-state index in [2.05, 4.69) is 10.3 Å². The Kier molecular flexibility index (Phi) is 6.47. The minimum absolute atomic E-state index is 0.190. The van der Waals surface area contributed by atoms with Crippen LogP contribution in [0.3, 0.4) is 0 Å². The van der Waals surface area contributed by atoms with Crippen molar-refractivity contribution in [2.45, 2.75) is 26.3 Å². The van der Waals surface area contributed by atoms with Gasteiger partial charge < -0.3 is 15.2 Å². The second kappa shape index (κ2) is 9.22. The molecule has 3 rings (SSSR count). The SMILES string of the molecule is COc1ccc(C(=O)N[C@@H](CC(=O)O)c2ccccc2C)nc1-c1ccc(C)cc1. The van der Waals surface area contributed by atoms with Gasteiger partial charge in [-0.25, -0.2) is 4.98 Å². The van der Waals surface area contributed by atoms with E-state index in [0.29, 0.717) is 11.4 Å². The molecule has 0 aliphatic carbocycles. The summed E-state index contributed by atoms with van der Waals surface area (Å²) in [6, 6.07) is 17.8. The number of aliphatic carboxylic acids is 1. The number of pyridine rings is 1. The first kappa shape index (κ1) is 21.0. The summed E-state index contributed by atoms with van der Waals surface area (Å²) in [6.07, 6.45) is -0.225. The molecule has 0 spiro atoms. The minimum atomic E-state index is -0.994. The number of aryl methyl sites for hydroxylation is 2. The Morgan fingerprint density at radius 1 is 1.03 bits per heavy atom. The fourth-order valence-corrected chi connectivity index (χ4v) is 3.28. The molecule has 6 heteroatoms. The van der Waals surface area contributed by atoms with E-state index in [9.17, 15) is 14.7 Å². The molecular weight excluding hydrogens is 380 g/mol. The van der Waals surface area contributed by atoms with E-state index in [1.54, 1.807) is 19.2 Å². The van der Waals surface area contributed by atoms with Gasteiger partial charge in [0.1, 0.15) is 17.1 Å². The van der Waals surface area contributed by atoms with Crippen molar-refractivity contribution in [3.63, 3.8) is 0 Å². The average Bonchev–Trinajstić information content (AvgIpc) is 2.73. The van der Waals surface area contributed by atoms with Crippen LogP contribution in [0.25, 0.3) is 11.3 Å². The number of carbonyl (C=O) groups excluding carboxylic acids is 1. The maximum Gasteiger partial charge on any atom is 0.305 e. The molecule has 0 bridgehead atoms. The number of aromatic nitrogens is 1. The standard InChI is InChI=1S/C24H24N2O4/c1-15-8-10-17(11-9-15)23-21(30-3)13-12-19(25-23)24(29)26-20(14-22(27)28)18-7-5-4-6-16(18)2/h4-13,20H,14H2,1-3H3,(H,26,29)(H,27,28)/t20-/m0/s1. The summed E-state index contributed by atoms with van der Waals surface area (Å²) in [5.74, 6) is -0.886. The van der Waals surface area contributed by atoms with Crippen LogP contribution in [0.5, 0.6) is 5.75 Å². The number of carboxylic acids is 1. The van der Waals surface area contributed by atoms with Crippen LogP contribution < -0.4 is 10.1 Å². The Bertz CT molecular complexity index is 1060. The fraction of sp³-hybridized carbons (Fsp3) is 0.208. The van der Waals surface area contributed by atoms with Crippen molar-refractivity contribution < 1.29 is 19.4 Å². The highest BCUT2D eigenvalue weighted by atomic mass is 16.5. The molecule has 1 atom stereocenters. The van der Waals surface area contributed by atoms with Gasteiger partial charge in [-0.1, -0.05) is 54.1 Å². The normalized spacial score (nSPS) is 11.6. The molecule has 0 saturated heterocycles. The highest BCUT2D eigenvalue weighted by molar-refractivity contribution is 5.93. The molecule has 0 radical (unpaired) electrons. The zero-order valence-electron chi connectivity index (χ0n) is 17.2. The van der Waals surface area contributed by atoms with Gasteiger partial charge in [0.2, 0.25) is 0 Å². The summed E-state index contributed by atoms with van der Waals surface area (Å²) in [5.41, 5.74) is 4.35. The maximum absolute atomic E-state index is 13.0. The Balaban J connectivity index is 1.93. The lowest BCUT2D eigenvalue weighted by Gasteiger charge is -2.19. The van der Waals surface area contributed by atoms with Gasteiger partial charge in [-0.3, -0.25) is 9.59 Å². The van der Waals surface area contributed by atoms with Crippen molar-refractivity contribution in [1.82, 2.24) is 10.3 Å². The first-order valence-corrected chi connectivity index (χ1v) is 9.59. The molecule has 154 valence electrons. The summed E-state index contributed by atoms with van der Waals surface area (Å²) in [5, 5.41) is 12.1. The molecule has 0 fully saturated rings. The van der Waals surface area contributed by atoms with Crippen LogP contribution in [0.2, 0.25) is 0 Å². The maximum atomic E-state index is 13.0. The highest BCUT2D eigenvalue weighted by Crippen LogP contribution is 2.29. The molecule has 6 nitrogen and oxygen atoms in total. The van der Waals surface area contributed by atoms with Gasteiger partial charge in [-0.15, -0.1) is 0 Å². The Morgan fingerprint density at radius 3 is 2.37 bits per heavy atom. The molecular formula is C24H24N2O4. The lowest BCUT2D eigenvalue weighted by molar-refractivity contribution is -0.137. The van der Waals surface area contributed by atoms with E-state index < -0.39 is 17.9 Å². The van der Waals surface area contributed by atoms with Crippen molar-refractivity contribution in [1.29, 1.82) is 0 Å². The van der Waals surface area contributed by atoms with Crippen LogP contribution in [0, 0.1) is 13.8 Å². The van der Waals surface area contributed by atoms with E-state index in [-0.39, 0.29) is 12.1 Å². The average molecular weight is 404 g/mol. The van der Waals surface area contributed by atoms with Gasteiger partial charge in [-0.2, -0.15) is 0 Å². The number of amides is 1. The smallest absolute Gasteiger partial charge is 0.305 e. The zero-order valence-corrected chi connectivity index (χ0v) is 17.2. The fourth-order valence-electron chi connectivity index (χ4n) is 3.28. The summed E-state index contributed by atoms with van der Waals surface area (Å²) in [6.45, 7) is 3.88. The van der Waals surface area contributed by atoms with Crippen LogP contribution in [0.1, 0.15) is 39.6 Å². The van der Waals surface area contributed by atoms with Crippen LogP contribution in [0.15, 0.2) is 60.7 Å². The second-order valence-corrected chi connectivity index (χ2v) is 7.09. The second-order valence-electron chi connectivity index (χ2n) is 7.09. The van der Waals surface area contributed by atoms with E-state index in [1.165, 1.54) is 0 Å². The van der Waals surface area contributed by atoms with Gasteiger partial charge >= 0.3 is 5.97 Å². The predicted octanol–water partition coefficient (Wildman–Crippen LogP) is 4.32. The van der Waals surface area contributed by atoms with E-state index in [4.69, 9.17) is 4.74 Å². The van der Waals surface area contributed by atoms with Gasteiger partial charge in [0.25, 0.3) is 5.91 Å². The Labute approximate surface area is 175 Å². The number of hydrogen-bond donors (Lipinski definition) is 2. The molecule has 2 N–H and O–H groups in total. The van der Waals surface area contributed by atoms with Gasteiger partial charge in [0.15, 0.2) is 0 Å². The lowest BCUT2D eigenvalue weighted by Crippen LogP contribution is -2.31. The Hall–Kier alpha value is -3.67. The van der Waals surface area contributed by atoms with Crippen molar-refractivity contribution in [3.8, 4) is 17.0 Å². The topological polar surface area (TPSA) is 88.5 Å². The molecule has 0 aliphatic rings. The number of nitrogens with one attached hydrogen (secondary N) is 1. The molecule has 1 aromatic heterocycles. The van der Waals surface area contributed by atoms with Crippen LogP contribution in [-0.2, 0) is 4.79 Å². The largest absolute Gasteiger partial charge is 0.494 e. The molecule has 0 aliphatic heterocycles. The number of methoxy groups -OCH3 is 1. The Morgan fingerprint density at radius 2 is 1.73 bits per heavy atom. The summed E-state index contributed by atoms with van der Waals surface area (Å²) < 4.78 is 5.41. The molecule has 0 unspecified atom stereocenters. The van der Waals surface area contributed by atoms with Crippen molar-refractivity contribution in [2.75, 3.05) is 7.11 Å². The van der Waals surface area contributed by atoms with E-state index in [0.717, 1.165) is 22.3 Å². The molecule has 1 amide bonds. The van der Waals surface area contributed by atoms with Crippen molar-refractivity contribution >= 4 is 11.9 Å². The van der Waals surface area contributed by atoms with Crippen molar-refractivity contribution in [3.05, 3.63) is 83.0 Å². The molecule has 0 saturated carbocycles. The van der Waals surface area contributed by atoms with Crippen LogP contribution in [0.4, 0.5) is 0 Å². The number of carbonyl (C=O) groups is 2. The third-order valence-corrected chi connectivity index (χ3v) is 4.88. The highest BCUT2D eigenvalue weighted by Gasteiger charge is 2.22. The number of ether oxygens (including phenoxy) is 1. The lowest BCUT2D eigenvalue weighted by atomic mass is 9.98. The van der Waals surface area contributed by atoms with Gasteiger partial charge in [0, 0.05) is 5.56 Å². The number of rotatable bonds is 7. The molecule has 30 heavy (non-hydrogen) atoms. The van der Waals surface area contributed by atoms with Gasteiger partial charge in [-0.05, 0) is 37.1 Å². The van der Waals surface area contributed by atoms with E-state index in [1.807, 2.05) is 62.4 Å². The van der Waals surface area contributed by atoms with Crippen molar-refractivity contribution in [2.24, 2.45) is 0 Å². The van der Waals surface area contributed by atoms with Gasteiger partial charge in [0.05, 0.1) is 19.6 Å². The molecule has 3 aromatic rings. The summed E-state index contributed by atoms with van der Waals surface area (Å²) in [7, 11) is 1.55. The number of nitrogens with zero attached hydrogens (tertiary/aromatic N) is 1. The van der Waals surface area contributed by atoms with Crippen LogP contribution in [-0.4, -0.2) is 29.1 Å². The third-order valence-electron chi connectivity index (χ3n) is 4.88. The minimum Gasteiger partial charge on any atom is -0.494 e. The van der Waals surface area contributed by atoms with Crippen LogP contribution >= 0.6 is 0 Å². The number of benzene rings is 2. The number of hydrogen-bond acceptors (Lipinski definition) is 4. The van der Waals surface area contributed by atoms with E-state index >= 15 is 0 Å². The summed E-state index contributed by atoms with van der Waals surface area (Å²) >= 11 is 0. The third kappa shape index (κ3) is 4.84. The first-order valence-electron chi connectivity index (χ1n) is 9.59. The first-order chi connectivity index (χ1) is 14.4. The summed E-state index contributed by atoms with van der Waals surface area (Å²) in [4.78, 5) is 28.8. The monoisotopic (exact) mass is 404 g/mol. The predicted molar refractivity (Wildman–Crippen MR) is 115 cm³/mol. The quantitative estimate of drug-likeness (QED) is 0.612. The zero-order chi connectivity index (χ0) is 21.7.